The first kappa shape index (κ1) is 18.1. The highest BCUT2D eigenvalue weighted by Gasteiger charge is 2.30. The summed E-state index contributed by atoms with van der Waals surface area (Å²) in [6.07, 6.45) is 3.45. The van der Waals surface area contributed by atoms with Gasteiger partial charge in [0.05, 0.1) is 0 Å². The van der Waals surface area contributed by atoms with Crippen molar-refractivity contribution in [3.8, 4) is 0 Å². The second-order valence-corrected chi connectivity index (χ2v) is 7.18. The summed E-state index contributed by atoms with van der Waals surface area (Å²) in [5.74, 6) is 0.244. The maximum atomic E-state index is 13.0. The normalized spacial score (nSPS) is 19.3. The van der Waals surface area contributed by atoms with Crippen molar-refractivity contribution in [3.63, 3.8) is 0 Å². The number of ether oxygens (including phenoxy) is 1. The quantitative estimate of drug-likeness (QED) is 0.618. The molecule has 5 heteroatoms. The molecular weight excluding hydrogens is 374 g/mol. The number of nitrogens with one attached hydrogen (secondary N) is 3. The Kier molecular flexibility index (Phi) is 4.69. The van der Waals surface area contributed by atoms with Crippen molar-refractivity contribution in [2.24, 2.45) is 0 Å². The first-order valence-corrected chi connectivity index (χ1v) is 9.90. The number of anilines is 1. The summed E-state index contributed by atoms with van der Waals surface area (Å²) < 4.78 is 6.13. The average molecular weight is 395 g/mol. The fourth-order valence-corrected chi connectivity index (χ4v) is 3.63. The third-order valence-corrected chi connectivity index (χ3v) is 5.16. The van der Waals surface area contributed by atoms with E-state index in [1.165, 1.54) is 0 Å². The molecule has 0 radical (unpaired) electrons. The number of benzene rings is 3. The van der Waals surface area contributed by atoms with Gasteiger partial charge in [0.15, 0.2) is 6.23 Å². The molecule has 3 N–H and O–H groups in total. The molecule has 0 bridgehead atoms. The molecule has 3 aromatic carbocycles. The van der Waals surface area contributed by atoms with Gasteiger partial charge in [0.2, 0.25) is 5.88 Å². The van der Waals surface area contributed by atoms with Crippen molar-refractivity contribution in [1.29, 1.82) is 0 Å². The van der Waals surface area contributed by atoms with Gasteiger partial charge in [-0.15, -0.1) is 0 Å². The standard InChI is InChI=1S/C25H21N3O2/c29-23(21-16-15-17-9-7-8-14-20(17)26-21)28-25-22(18-10-3-1-4-11-18)27-24(30-25)19-12-5-2-6-13-19/h1-16,21,24,26-27H,(H,28,29). The van der Waals surface area contributed by atoms with E-state index in [0.717, 1.165) is 28.1 Å². The smallest absolute Gasteiger partial charge is 0.253 e. The van der Waals surface area contributed by atoms with Crippen LogP contribution in [0.5, 0.6) is 0 Å². The SMILES string of the molecule is O=C(NC1=C(c2ccccc2)NC(c2ccccc2)O1)C1C=Cc2ccccc2N1. The van der Waals surface area contributed by atoms with Crippen LogP contribution < -0.4 is 16.0 Å². The predicted octanol–water partition coefficient (Wildman–Crippen LogP) is 4.26. The van der Waals surface area contributed by atoms with Gasteiger partial charge in [-0.05, 0) is 11.6 Å². The summed E-state index contributed by atoms with van der Waals surface area (Å²) >= 11 is 0. The van der Waals surface area contributed by atoms with Gasteiger partial charge in [-0.1, -0.05) is 91.0 Å². The average Bonchev–Trinajstić information content (AvgIpc) is 3.23. The Bertz CT molecular complexity index is 1120. The Morgan fingerprint density at radius 2 is 1.53 bits per heavy atom. The Morgan fingerprint density at radius 1 is 0.833 bits per heavy atom. The minimum absolute atomic E-state index is 0.181. The lowest BCUT2D eigenvalue weighted by molar-refractivity contribution is -0.121. The zero-order valence-electron chi connectivity index (χ0n) is 16.2. The molecule has 0 aliphatic carbocycles. The van der Waals surface area contributed by atoms with Crippen molar-refractivity contribution < 1.29 is 9.53 Å². The highest BCUT2D eigenvalue weighted by Crippen LogP contribution is 2.31. The first-order valence-electron chi connectivity index (χ1n) is 9.90. The number of para-hydroxylation sites is 1. The summed E-state index contributed by atoms with van der Waals surface area (Å²) in [5, 5.41) is 9.64. The summed E-state index contributed by atoms with van der Waals surface area (Å²) in [6, 6.07) is 27.2. The van der Waals surface area contributed by atoms with Crippen LogP contribution in [0.25, 0.3) is 11.8 Å². The number of hydrogen-bond acceptors (Lipinski definition) is 4. The molecule has 30 heavy (non-hydrogen) atoms. The summed E-state index contributed by atoms with van der Waals surface area (Å²) in [4.78, 5) is 13.0. The van der Waals surface area contributed by atoms with Gasteiger partial charge in [-0.25, -0.2) is 0 Å². The molecular formula is C25H21N3O2. The maximum Gasteiger partial charge on any atom is 0.253 e. The van der Waals surface area contributed by atoms with E-state index in [1.807, 2.05) is 97.1 Å². The Morgan fingerprint density at radius 3 is 2.33 bits per heavy atom. The van der Waals surface area contributed by atoms with Crippen molar-refractivity contribution in [1.82, 2.24) is 10.6 Å². The molecule has 2 aliphatic rings. The summed E-state index contributed by atoms with van der Waals surface area (Å²) in [6.45, 7) is 0. The summed E-state index contributed by atoms with van der Waals surface area (Å²) in [5.41, 5.74) is 4.69. The predicted molar refractivity (Wildman–Crippen MR) is 118 cm³/mol. The van der Waals surface area contributed by atoms with Crippen LogP contribution in [0.1, 0.15) is 22.9 Å². The molecule has 5 rings (SSSR count). The van der Waals surface area contributed by atoms with Crippen molar-refractivity contribution in [2.45, 2.75) is 12.3 Å². The molecule has 3 aromatic rings. The van der Waals surface area contributed by atoms with Crippen LogP contribution >= 0.6 is 0 Å². The van der Waals surface area contributed by atoms with Crippen LogP contribution in [0, 0.1) is 0 Å². The minimum atomic E-state index is -0.483. The monoisotopic (exact) mass is 395 g/mol. The van der Waals surface area contributed by atoms with Gasteiger partial charge >= 0.3 is 0 Å². The van der Waals surface area contributed by atoms with E-state index < -0.39 is 6.04 Å². The molecule has 0 saturated heterocycles. The van der Waals surface area contributed by atoms with Crippen LogP contribution in [0.15, 0.2) is 96.9 Å². The zero-order chi connectivity index (χ0) is 20.3. The van der Waals surface area contributed by atoms with E-state index in [1.54, 1.807) is 0 Å². The Hall–Kier alpha value is -3.99. The number of rotatable bonds is 4. The number of hydrogen-bond donors (Lipinski definition) is 3. The lowest BCUT2D eigenvalue weighted by atomic mass is 10.1. The molecule has 0 spiro atoms. The van der Waals surface area contributed by atoms with E-state index in [-0.39, 0.29) is 12.1 Å². The number of carbonyl (C=O) groups excluding carboxylic acids is 1. The first-order chi connectivity index (χ1) is 14.8. The van der Waals surface area contributed by atoms with Crippen molar-refractivity contribution in [2.75, 3.05) is 5.32 Å². The van der Waals surface area contributed by atoms with Crippen LogP contribution in [-0.2, 0) is 9.53 Å². The topological polar surface area (TPSA) is 62.4 Å². The van der Waals surface area contributed by atoms with Gasteiger partial charge in [0, 0.05) is 16.8 Å². The van der Waals surface area contributed by atoms with E-state index in [9.17, 15) is 4.79 Å². The third kappa shape index (κ3) is 3.53. The fourth-order valence-electron chi connectivity index (χ4n) is 3.63. The van der Waals surface area contributed by atoms with Gasteiger partial charge in [-0.2, -0.15) is 0 Å². The maximum absolute atomic E-state index is 13.0. The molecule has 2 atom stereocenters. The van der Waals surface area contributed by atoms with Crippen molar-refractivity contribution in [3.05, 3.63) is 114 Å². The van der Waals surface area contributed by atoms with Crippen molar-refractivity contribution >= 4 is 23.4 Å². The van der Waals surface area contributed by atoms with Crippen LogP contribution in [-0.4, -0.2) is 11.9 Å². The number of amides is 1. The molecule has 0 aromatic heterocycles. The van der Waals surface area contributed by atoms with Gasteiger partial charge < -0.3 is 15.4 Å². The molecule has 5 nitrogen and oxygen atoms in total. The van der Waals surface area contributed by atoms with Gasteiger partial charge in [-0.3, -0.25) is 10.1 Å². The van der Waals surface area contributed by atoms with Crippen LogP contribution in [0.2, 0.25) is 0 Å². The number of carbonyl (C=O) groups is 1. The third-order valence-electron chi connectivity index (χ3n) is 5.16. The number of fused-ring (bicyclic) bond motifs is 1. The molecule has 0 fully saturated rings. The molecule has 148 valence electrons. The fraction of sp³-hybridized carbons (Fsp3) is 0.0800. The highest BCUT2D eigenvalue weighted by molar-refractivity contribution is 5.92. The second-order valence-electron chi connectivity index (χ2n) is 7.18. The largest absolute Gasteiger partial charge is 0.449 e. The van der Waals surface area contributed by atoms with Crippen LogP contribution in [0.3, 0.4) is 0 Å². The lowest BCUT2D eigenvalue weighted by Gasteiger charge is -2.22. The van der Waals surface area contributed by atoms with E-state index in [0.29, 0.717) is 5.88 Å². The van der Waals surface area contributed by atoms with E-state index in [4.69, 9.17) is 4.74 Å². The summed E-state index contributed by atoms with van der Waals surface area (Å²) in [7, 11) is 0. The van der Waals surface area contributed by atoms with E-state index >= 15 is 0 Å². The zero-order valence-corrected chi connectivity index (χ0v) is 16.2. The molecule has 0 saturated carbocycles. The molecule has 2 aliphatic heterocycles. The van der Waals surface area contributed by atoms with E-state index in [2.05, 4.69) is 16.0 Å². The van der Waals surface area contributed by atoms with Gasteiger partial charge in [0.1, 0.15) is 11.7 Å². The minimum Gasteiger partial charge on any atom is -0.449 e. The molecule has 1 amide bonds. The Balaban J connectivity index is 1.39. The van der Waals surface area contributed by atoms with Crippen LogP contribution in [0.4, 0.5) is 5.69 Å². The second kappa shape index (κ2) is 7.79. The molecule has 2 unspecified atom stereocenters. The molecule has 2 heterocycles. The Labute approximate surface area is 175 Å². The van der Waals surface area contributed by atoms with Gasteiger partial charge in [0.25, 0.3) is 5.91 Å². The lowest BCUT2D eigenvalue weighted by Crippen LogP contribution is -2.39. The highest BCUT2D eigenvalue weighted by atomic mass is 16.5.